The Kier molecular flexibility index (Phi) is 6.01. The minimum absolute atomic E-state index is 0.149. The first-order valence-electron chi connectivity index (χ1n) is 8.92. The van der Waals surface area contributed by atoms with Crippen LogP contribution in [0.4, 0.5) is 11.4 Å². The lowest BCUT2D eigenvalue weighted by Gasteiger charge is -2.37. The van der Waals surface area contributed by atoms with Gasteiger partial charge in [-0.05, 0) is 31.2 Å². The van der Waals surface area contributed by atoms with Gasteiger partial charge in [0.25, 0.3) is 5.91 Å². The highest BCUT2D eigenvalue weighted by Gasteiger charge is 2.20. The number of hydrogen-bond donors (Lipinski definition) is 2. The highest BCUT2D eigenvalue weighted by molar-refractivity contribution is 6.34. The Labute approximate surface area is 159 Å². The zero-order chi connectivity index (χ0) is 18.5. The van der Waals surface area contributed by atoms with Gasteiger partial charge in [0.1, 0.15) is 0 Å². The SMILES string of the molecule is CC(CN1CCN(c2ccccc2)CC1)Nc1c(Cl)cccc1C(N)=O. The Morgan fingerprint density at radius 1 is 1.12 bits per heavy atom. The number of nitrogens with one attached hydrogen (secondary N) is 1. The molecule has 1 fully saturated rings. The van der Waals surface area contributed by atoms with E-state index in [1.807, 2.05) is 6.07 Å². The Hall–Kier alpha value is -2.24. The molecular formula is C20H25ClN4O. The summed E-state index contributed by atoms with van der Waals surface area (Å²) >= 11 is 6.26. The molecule has 26 heavy (non-hydrogen) atoms. The molecule has 2 aromatic rings. The Bertz CT molecular complexity index is 745. The Balaban J connectivity index is 1.55. The molecule has 6 heteroatoms. The number of amides is 1. The molecule has 0 aromatic heterocycles. The number of hydrogen-bond acceptors (Lipinski definition) is 4. The summed E-state index contributed by atoms with van der Waals surface area (Å²) in [4.78, 5) is 16.5. The first kappa shape index (κ1) is 18.5. The molecule has 0 spiro atoms. The van der Waals surface area contributed by atoms with E-state index in [0.29, 0.717) is 16.3 Å². The van der Waals surface area contributed by atoms with Gasteiger partial charge in [0, 0.05) is 44.5 Å². The smallest absolute Gasteiger partial charge is 0.250 e. The van der Waals surface area contributed by atoms with Crippen LogP contribution in [-0.2, 0) is 0 Å². The first-order valence-corrected chi connectivity index (χ1v) is 9.29. The molecule has 0 radical (unpaired) electrons. The molecule has 0 bridgehead atoms. The summed E-state index contributed by atoms with van der Waals surface area (Å²) in [5, 5.41) is 3.88. The predicted molar refractivity (Wildman–Crippen MR) is 108 cm³/mol. The average Bonchev–Trinajstić information content (AvgIpc) is 2.64. The van der Waals surface area contributed by atoms with Crippen LogP contribution in [0.15, 0.2) is 48.5 Å². The number of carbonyl (C=O) groups is 1. The van der Waals surface area contributed by atoms with Gasteiger partial charge in [0.2, 0.25) is 0 Å². The number of anilines is 2. The topological polar surface area (TPSA) is 61.6 Å². The summed E-state index contributed by atoms with van der Waals surface area (Å²) in [6.45, 7) is 7.01. The van der Waals surface area contributed by atoms with Crippen molar-refractivity contribution < 1.29 is 4.79 Å². The number of primary amides is 1. The first-order chi connectivity index (χ1) is 12.5. The van der Waals surface area contributed by atoms with Crippen LogP contribution in [0.2, 0.25) is 5.02 Å². The van der Waals surface area contributed by atoms with Crippen molar-refractivity contribution >= 4 is 28.9 Å². The van der Waals surface area contributed by atoms with Crippen molar-refractivity contribution in [1.82, 2.24) is 4.90 Å². The summed E-state index contributed by atoms with van der Waals surface area (Å²) in [6, 6.07) is 15.9. The molecule has 1 atom stereocenters. The zero-order valence-electron chi connectivity index (χ0n) is 15.0. The molecule has 1 heterocycles. The van der Waals surface area contributed by atoms with Crippen molar-refractivity contribution in [2.75, 3.05) is 42.9 Å². The second-order valence-electron chi connectivity index (χ2n) is 6.70. The minimum Gasteiger partial charge on any atom is -0.379 e. The fourth-order valence-corrected chi connectivity index (χ4v) is 3.61. The van der Waals surface area contributed by atoms with E-state index in [2.05, 4.69) is 46.3 Å². The van der Waals surface area contributed by atoms with Gasteiger partial charge in [-0.3, -0.25) is 9.69 Å². The van der Waals surface area contributed by atoms with Gasteiger partial charge in [-0.2, -0.15) is 0 Å². The molecule has 0 saturated carbocycles. The number of halogens is 1. The summed E-state index contributed by atoms with van der Waals surface area (Å²) < 4.78 is 0. The molecule has 2 aromatic carbocycles. The van der Waals surface area contributed by atoms with Crippen LogP contribution in [0, 0.1) is 0 Å². The van der Waals surface area contributed by atoms with Crippen molar-refractivity contribution in [1.29, 1.82) is 0 Å². The van der Waals surface area contributed by atoms with Gasteiger partial charge in [-0.1, -0.05) is 35.9 Å². The van der Waals surface area contributed by atoms with Gasteiger partial charge in [0.15, 0.2) is 0 Å². The number of benzene rings is 2. The molecular weight excluding hydrogens is 348 g/mol. The lowest BCUT2D eigenvalue weighted by molar-refractivity contribution is 0.100. The maximum absolute atomic E-state index is 11.6. The third-order valence-electron chi connectivity index (χ3n) is 4.70. The van der Waals surface area contributed by atoms with E-state index in [1.165, 1.54) is 5.69 Å². The maximum atomic E-state index is 11.6. The van der Waals surface area contributed by atoms with Crippen LogP contribution in [0.25, 0.3) is 0 Å². The summed E-state index contributed by atoms with van der Waals surface area (Å²) in [7, 11) is 0. The van der Waals surface area contributed by atoms with Crippen LogP contribution in [-0.4, -0.2) is 49.6 Å². The normalized spacial score (nSPS) is 16.3. The maximum Gasteiger partial charge on any atom is 0.250 e. The van der Waals surface area contributed by atoms with E-state index in [-0.39, 0.29) is 6.04 Å². The monoisotopic (exact) mass is 372 g/mol. The molecule has 1 saturated heterocycles. The molecule has 0 aliphatic carbocycles. The lowest BCUT2D eigenvalue weighted by Crippen LogP contribution is -2.49. The quantitative estimate of drug-likeness (QED) is 0.818. The third kappa shape index (κ3) is 4.48. The van der Waals surface area contributed by atoms with E-state index < -0.39 is 5.91 Å². The minimum atomic E-state index is -0.473. The predicted octanol–water partition coefficient (Wildman–Crippen LogP) is 3.06. The standard InChI is InChI=1S/C20H25ClN4O/c1-15(23-19-17(20(22)26)8-5-9-18(19)21)14-24-10-12-25(13-11-24)16-6-3-2-4-7-16/h2-9,15,23H,10-14H2,1H3,(H2,22,26). The largest absolute Gasteiger partial charge is 0.379 e. The van der Waals surface area contributed by atoms with Crippen LogP contribution < -0.4 is 16.0 Å². The number of nitrogens with zero attached hydrogens (tertiary/aromatic N) is 2. The second kappa shape index (κ2) is 8.43. The highest BCUT2D eigenvalue weighted by Crippen LogP contribution is 2.26. The van der Waals surface area contributed by atoms with Crippen LogP contribution in [0.3, 0.4) is 0 Å². The van der Waals surface area contributed by atoms with Crippen LogP contribution in [0.1, 0.15) is 17.3 Å². The number of nitrogens with two attached hydrogens (primary N) is 1. The molecule has 138 valence electrons. The van der Waals surface area contributed by atoms with Crippen molar-refractivity contribution in [2.45, 2.75) is 13.0 Å². The average molecular weight is 373 g/mol. The summed E-state index contributed by atoms with van der Waals surface area (Å²) in [5.74, 6) is -0.473. The summed E-state index contributed by atoms with van der Waals surface area (Å²) in [6.07, 6.45) is 0. The lowest BCUT2D eigenvalue weighted by atomic mass is 10.1. The van der Waals surface area contributed by atoms with E-state index in [1.54, 1.807) is 18.2 Å². The van der Waals surface area contributed by atoms with Gasteiger partial charge in [-0.15, -0.1) is 0 Å². The fourth-order valence-electron chi connectivity index (χ4n) is 3.38. The molecule has 1 unspecified atom stereocenters. The highest BCUT2D eigenvalue weighted by atomic mass is 35.5. The fraction of sp³-hybridized carbons (Fsp3) is 0.350. The Morgan fingerprint density at radius 3 is 2.46 bits per heavy atom. The molecule has 3 N–H and O–H groups in total. The van der Waals surface area contributed by atoms with E-state index >= 15 is 0 Å². The van der Waals surface area contributed by atoms with Crippen molar-refractivity contribution in [3.63, 3.8) is 0 Å². The number of carbonyl (C=O) groups excluding carboxylic acids is 1. The van der Waals surface area contributed by atoms with Gasteiger partial charge in [-0.25, -0.2) is 0 Å². The molecule has 1 aliphatic heterocycles. The van der Waals surface area contributed by atoms with Gasteiger partial charge >= 0.3 is 0 Å². The van der Waals surface area contributed by atoms with Crippen molar-refractivity contribution in [2.24, 2.45) is 5.73 Å². The zero-order valence-corrected chi connectivity index (χ0v) is 15.7. The summed E-state index contributed by atoms with van der Waals surface area (Å²) in [5.41, 5.74) is 7.79. The van der Waals surface area contributed by atoms with Crippen molar-refractivity contribution in [3.8, 4) is 0 Å². The number of rotatable bonds is 6. The van der Waals surface area contributed by atoms with E-state index in [4.69, 9.17) is 17.3 Å². The van der Waals surface area contributed by atoms with Crippen molar-refractivity contribution in [3.05, 3.63) is 59.1 Å². The molecule has 5 nitrogen and oxygen atoms in total. The Morgan fingerprint density at radius 2 is 1.81 bits per heavy atom. The number of piperazine rings is 1. The van der Waals surface area contributed by atoms with Crippen LogP contribution >= 0.6 is 11.6 Å². The molecule has 3 rings (SSSR count). The molecule has 1 amide bonds. The van der Waals surface area contributed by atoms with Gasteiger partial charge in [0.05, 0.1) is 16.3 Å². The third-order valence-corrected chi connectivity index (χ3v) is 5.01. The van der Waals surface area contributed by atoms with Gasteiger partial charge < -0.3 is 16.0 Å². The van der Waals surface area contributed by atoms with Crippen LogP contribution in [0.5, 0.6) is 0 Å². The van der Waals surface area contributed by atoms with E-state index in [0.717, 1.165) is 32.7 Å². The molecule has 1 aliphatic rings. The van der Waals surface area contributed by atoms with E-state index in [9.17, 15) is 4.79 Å². The number of para-hydroxylation sites is 2. The second-order valence-corrected chi connectivity index (χ2v) is 7.10.